The van der Waals surface area contributed by atoms with E-state index in [9.17, 15) is 20.0 Å². The molecule has 2 aromatic rings. The van der Waals surface area contributed by atoms with Crippen LogP contribution in [0.5, 0.6) is 5.88 Å². The highest BCUT2D eigenvalue weighted by molar-refractivity contribution is 5.89. The van der Waals surface area contributed by atoms with Crippen molar-refractivity contribution in [3.05, 3.63) is 51.3 Å². The van der Waals surface area contributed by atoms with Crippen LogP contribution in [0.3, 0.4) is 0 Å². The summed E-state index contributed by atoms with van der Waals surface area (Å²) in [6.45, 7) is 4.00. The van der Waals surface area contributed by atoms with Gasteiger partial charge in [-0.25, -0.2) is 4.79 Å². The summed E-state index contributed by atoms with van der Waals surface area (Å²) >= 11 is 0. The third-order valence-electron chi connectivity index (χ3n) is 4.17. The van der Waals surface area contributed by atoms with Crippen LogP contribution in [0.15, 0.2) is 39.3 Å². The van der Waals surface area contributed by atoms with Gasteiger partial charge in [-0.15, -0.1) is 5.11 Å². The SMILES string of the molecule is CCCCc1c(C#N)c(O)n(C)c(=O)c1N=Nc1ccc(C(=O)OCC)cc1. The quantitative estimate of drug-likeness (QED) is 0.576. The van der Waals surface area contributed by atoms with E-state index in [1.165, 1.54) is 7.05 Å². The lowest BCUT2D eigenvalue weighted by molar-refractivity contribution is 0.0526. The maximum atomic E-state index is 12.6. The third-order valence-corrected chi connectivity index (χ3v) is 4.17. The Hall–Kier alpha value is -3.47. The Morgan fingerprint density at radius 1 is 1.25 bits per heavy atom. The molecule has 146 valence electrons. The number of ether oxygens (including phenoxy) is 1. The maximum Gasteiger partial charge on any atom is 0.338 e. The van der Waals surface area contributed by atoms with Crippen LogP contribution in [-0.4, -0.2) is 22.2 Å². The molecule has 0 unspecified atom stereocenters. The molecule has 0 aliphatic heterocycles. The summed E-state index contributed by atoms with van der Waals surface area (Å²) in [5.74, 6) is -0.810. The Morgan fingerprint density at radius 2 is 1.93 bits per heavy atom. The summed E-state index contributed by atoms with van der Waals surface area (Å²) in [7, 11) is 1.37. The van der Waals surface area contributed by atoms with Crippen molar-refractivity contribution in [2.45, 2.75) is 33.1 Å². The summed E-state index contributed by atoms with van der Waals surface area (Å²) in [6, 6.07) is 8.22. The third kappa shape index (κ3) is 4.43. The number of aromatic hydroxyl groups is 1. The zero-order valence-corrected chi connectivity index (χ0v) is 16.1. The number of carbonyl (C=O) groups is 1. The number of carbonyl (C=O) groups excluding carboxylic acids is 1. The van der Waals surface area contributed by atoms with Crippen LogP contribution in [0, 0.1) is 11.3 Å². The standard InChI is InChI=1S/C20H22N4O4/c1-4-6-7-15-16(12-21)18(25)24(3)19(26)17(15)23-22-14-10-8-13(9-11-14)20(27)28-5-2/h8-11,25H,4-7H2,1-3H3. The van der Waals surface area contributed by atoms with Gasteiger partial charge in [0.05, 0.1) is 17.9 Å². The van der Waals surface area contributed by atoms with Gasteiger partial charge in [0.15, 0.2) is 5.69 Å². The second-order valence-corrected chi connectivity index (χ2v) is 6.07. The van der Waals surface area contributed by atoms with Crippen LogP contribution >= 0.6 is 0 Å². The Kier molecular flexibility index (Phi) is 7.04. The predicted molar refractivity (Wildman–Crippen MR) is 103 cm³/mol. The van der Waals surface area contributed by atoms with E-state index >= 15 is 0 Å². The van der Waals surface area contributed by atoms with Crippen molar-refractivity contribution in [1.29, 1.82) is 5.26 Å². The molecule has 0 aliphatic carbocycles. The molecule has 8 nitrogen and oxygen atoms in total. The lowest BCUT2D eigenvalue weighted by Gasteiger charge is -2.11. The number of benzene rings is 1. The first-order valence-electron chi connectivity index (χ1n) is 8.98. The molecule has 0 saturated heterocycles. The van der Waals surface area contributed by atoms with Crippen molar-refractivity contribution in [1.82, 2.24) is 4.57 Å². The molecular weight excluding hydrogens is 360 g/mol. The van der Waals surface area contributed by atoms with E-state index in [1.54, 1.807) is 31.2 Å². The summed E-state index contributed by atoms with van der Waals surface area (Å²) in [5, 5.41) is 27.7. The molecule has 0 spiro atoms. The van der Waals surface area contributed by atoms with Gasteiger partial charge >= 0.3 is 5.97 Å². The highest BCUT2D eigenvalue weighted by Crippen LogP contribution is 2.28. The monoisotopic (exact) mass is 382 g/mol. The summed E-state index contributed by atoms with van der Waals surface area (Å²) in [5.41, 5.74) is 0.730. The minimum atomic E-state index is -0.533. The number of rotatable bonds is 7. The Bertz CT molecular complexity index is 985. The average Bonchev–Trinajstić information content (AvgIpc) is 2.70. The van der Waals surface area contributed by atoms with Crippen molar-refractivity contribution in [2.75, 3.05) is 6.61 Å². The van der Waals surface area contributed by atoms with E-state index in [0.29, 0.717) is 23.2 Å². The van der Waals surface area contributed by atoms with Crippen LogP contribution in [0.2, 0.25) is 0 Å². The molecule has 0 saturated carbocycles. The van der Waals surface area contributed by atoms with Crippen molar-refractivity contribution in [3.63, 3.8) is 0 Å². The van der Waals surface area contributed by atoms with Gasteiger partial charge in [0, 0.05) is 12.6 Å². The van der Waals surface area contributed by atoms with Gasteiger partial charge in [0.1, 0.15) is 11.6 Å². The Morgan fingerprint density at radius 3 is 2.50 bits per heavy atom. The molecule has 0 fully saturated rings. The van der Waals surface area contributed by atoms with E-state index < -0.39 is 11.5 Å². The van der Waals surface area contributed by atoms with Crippen LogP contribution in [0.25, 0.3) is 0 Å². The normalized spacial score (nSPS) is 10.8. The largest absolute Gasteiger partial charge is 0.493 e. The first kappa shape index (κ1) is 20.8. The molecule has 0 radical (unpaired) electrons. The van der Waals surface area contributed by atoms with Crippen LogP contribution < -0.4 is 5.56 Å². The molecule has 8 heteroatoms. The minimum absolute atomic E-state index is 0.0276. The number of nitriles is 1. The van der Waals surface area contributed by atoms with Crippen molar-refractivity contribution < 1.29 is 14.6 Å². The van der Waals surface area contributed by atoms with Gasteiger partial charge in [-0.3, -0.25) is 9.36 Å². The van der Waals surface area contributed by atoms with Gasteiger partial charge in [-0.1, -0.05) is 13.3 Å². The van der Waals surface area contributed by atoms with Crippen LogP contribution in [0.1, 0.15) is 48.2 Å². The van der Waals surface area contributed by atoms with E-state index in [0.717, 1.165) is 17.4 Å². The zero-order chi connectivity index (χ0) is 20.7. The zero-order valence-electron chi connectivity index (χ0n) is 16.1. The second kappa shape index (κ2) is 9.46. The highest BCUT2D eigenvalue weighted by Gasteiger charge is 2.19. The summed E-state index contributed by atoms with van der Waals surface area (Å²) < 4.78 is 5.90. The number of pyridine rings is 1. The predicted octanol–water partition coefficient (Wildman–Crippen LogP) is 3.90. The molecule has 0 atom stereocenters. The summed E-state index contributed by atoms with van der Waals surface area (Å²) in [6.07, 6.45) is 2.02. The fourth-order valence-corrected chi connectivity index (χ4v) is 2.61. The van der Waals surface area contributed by atoms with Crippen LogP contribution in [0.4, 0.5) is 11.4 Å². The molecule has 1 N–H and O–H groups in total. The molecule has 1 aromatic heterocycles. The molecule has 28 heavy (non-hydrogen) atoms. The topological polar surface area (TPSA) is 117 Å². The lowest BCUT2D eigenvalue weighted by atomic mass is 10.0. The average molecular weight is 382 g/mol. The molecule has 0 aliphatic rings. The molecule has 1 heterocycles. The fraction of sp³-hybridized carbons (Fsp3) is 0.350. The minimum Gasteiger partial charge on any atom is -0.493 e. The number of hydrogen-bond donors (Lipinski definition) is 1. The van der Waals surface area contributed by atoms with E-state index in [-0.39, 0.29) is 23.7 Å². The first-order valence-corrected chi connectivity index (χ1v) is 8.98. The van der Waals surface area contributed by atoms with Gasteiger partial charge in [-0.2, -0.15) is 10.4 Å². The lowest BCUT2D eigenvalue weighted by Crippen LogP contribution is -2.19. The number of esters is 1. The fourth-order valence-electron chi connectivity index (χ4n) is 2.61. The smallest absolute Gasteiger partial charge is 0.338 e. The summed E-state index contributed by atoms with van der Waals surface area (Å²) in [4.78, 5) is 24.2. The molecule has 1 aromatic carbocycles. The highest BCUT2D eigenvalue weighted by atomic mass is 16.5. The van der Waals surface area contributed by atoms with Crippen molar-refractivity contribution >= 4 is 17.3 Å². The molecule has 0 amide bonds. The first-order chi connectivity index (χ1) is 13.4. The van der Waals surface area contributed by atoms with E-state index in [4.69, 9.17) is 4.74 Å². The number of azo groups is 1. The molecular formula is C20H22N4O4. The Labute approximate surface area is 162 Å². The number of hydrogen-bond acceptors (Lipinski definition) is 7. The van der Waals surface area contributed by atoms with E-state index in [1.807, 2.05) is 13.0 Å². The number of nitrogens with zero attached hydrogens (tertiary/aromatic N) is 4. The molecule has 2 rings (SSSR count). The van der Waals surface area contributed by atoms with Gasteiger partial charge in [0.2, 0.25) is 5.88 Å². The number of aromatic nitrogens is 1. The van der Waals surface area contributed by atoms with Gasteiger partial charge < -0.3 is 9.84 Å². The molecule has 0 bridgehead atoms. The second-order valence-electron chi connectivity index (χ2n) is 6.07. The van der Waals surface area contributed by atoms with Crippen LogP contribution in [-0.2, 0) is 18.2 Å². The van der Waals surface area contributed by atoms with Gasteiger partial charge in [-0.05, 0) is 44.0 Å². The Balaban J connectivity index is 2.44. The maximum absolute atomic E-state index is 12.6. The van der Waals surface area contributed by atoms with Gasteiger partial charge in [0.25, 0.3) is 5.56 Å². The number of unbranched alkanes of at least 4 members (excludes halogenated alkanes) is 1. The van der Waals surface area contributed by atoms with E-state index in [2.05, 4.69) is 10.2 Å². The van der Waals surface area contributed by atoms with Crippen molar-refractivity contribution in [2.24, 2.45) is 17.3 Å². The van der Waals surface area contributed by atoms with Crippen molar-refractivity contribution in [3.8, 4) is 11.9 Å².